The van der Waals surface area contributed by atoms with Crippen LogP contribution in [0.5, 0.6) is 0 Å². The van der Waals surface area contributed by atoms with Crippen LogP contribution in [0.3, 0.4) is 0 Å². The molecule has 0 unspecified atom stereocenters. The van der Waals surface area contributed by atoms with Gasteiger partial charge in [-0.1, -0.05) is 44.9 Å². The number of hydrogen-bond donors (Lipinski definition) is 3. The molecule has 1 aromatic carbocycles. The molecule has 0 aliphatic carbocycles. The summed E-state index contributed by atoms with van der Waals surface area (Å²) < 4.78 is 0. The summed E-state index contributed by atoms with van der Waals surface area (Å²) in [6.07, 6.45) is 2.89. The topological polar surface area (TPSA) is 83.5 Å². The molecule has 22 heavy (non-hydrogen) atoms. The van der Waals surface area contributed by atoms with Crippen molar-refractivity contribution >= 4 is 5.78 Å². The number of hydrogen-bond acceptors (Lipinski definition) is 4. The number of aliphatic hydroxyl groups excluding tert-OH is 1. The molecule has 124 valence electrons. The second kappa shape index (κ2) is 9.03. The molecule has 0 aliphatic rings. The lowest BCUT2D eigenvalue weighted by Gasteiger charge is -2.26. The smallest absolute Gasteiger partial charge is 0.165 e. The van der Waals surface area contributed by atoms with E-state index in [-0.39, 0.29) is 12.2 Å². The molecule has 0 radical (unpaired) electrons. The van der Waals surface area contributed by atoms with Crippen LogP contribution in [0.1, 0.15) is 74.4 Å². The number of nitrogens with two attached hydrogens (primary N) is 1. The second-order valence-electron chi connectivity index (χ2n) is 6.04. The normalized spacial score (nSPS) is 13.1. The molecule has 0 spiro atoms. The third kappa shape index (κ3) is 5.52. The molecular weight excluding hydrogens is 278 g/mol. The lowest BCUT2D eigenvalue weighted by Crippen LogP contribution is -2.31. The maximum atomic E-state index is 12.5. The van der Waals surface area contributed by atoms with Gasteiger partial charge < -0.3 is 15.9 Å². The van der Waals surface area contributed by atoms with Gasteiger partial charge in [-0.2, -0.15) is 0 Å². The van der Waals surface area contributed by atoms with Crippen molar-refractivity contribution in [2.45, 2.75) is 64.1 Å². The molecule has 0 amide bonds. The van der Waals surface area contributed by atoms with E-state index < -0.39 is 11.7 Å². The van der Waals surface area contributed by atoms with E-state index in [9.17, 15) is 15.0 Å². The van der Waals surface area contributed by atoms with Crippen molar-refractivity contribution in [3.05, 3.63) is 35.4 Å². The molecule has 0 bridgehead atoms. The van der Waals surface area contributed by atoms with Gasteiger partial charge in [-0.3, -0.25) is 4.79 Å². The highest BCUT2D eigenvalue weighted by atomic mass is 16.3. The molecule has 0 saturated heterocycles. The molecule has 0 fully saturated rings. The maximum Gasteiger partial charge on any atom is 0.165 e. The van der Waals surface area contributed by atoms with Gasteiger partial charge in [0.2, 0.25) is 0 Å². The zero-order chi connectivity index (χ0) is 16.6. The molecule has 4 nitrogen and oxygen atoms in total. The molecule has 0 aromatic heterocycles. The van der Waals surface area contributed by atoms with E-state index in [4.69, 9.17) is 5.73 Å². The Morgan fingerprint density at radius 3 is 2.45 bits per heavy atom. The zero-order valence-electron chi connectivity index (χ0n) is 13.7. The van der Waals surface area contributed by atoms with Crippen LogP contribution < -0.4 is 5.73 Å². The number of ketones is 1. The summed E-state index contributed by atoms with van der Waals surface area (Å²) in [7, 11) is 0. The highest BCUT2D eigenvalue weighted by Crippen LogP contribution is 2.26. The Labute approximate surface area is 133 Å². The molecule has 0 heterocycles. The van der Waals surface area contributed by atoms with Crippen molar-refractivity contribution in [3.8, 4) is 0 Å². The Balaban J connectivity index is 2.86. The van der Waals surface area contributed by atoms with Crippen molar-refractivity contribution < 1.29 is 15.0 Å². The number of rotatable bonds is 10. The summed E-state index contributed by atoms with van der Waals surface area (Å²) in [4.78, 5) is 12.5. The van der Waals surface area contributed by atoms with Gasteiger partial charge in [0.05, 0.1) is 11.7 Å². The third-order valence-corrected chi connectivity index (χ3v) is 3.95. The van der Waals surface area contributed by atoms with Crippen LogP contribution in [0.15, 0.2) is 24.3 Å². The van der Waals surface area contributed by atoms with Crippen molar-refractivity contribution in [1.29, 1.82) is 0 Å². The quantitative estimate of drug-likeness (QED) is 0.580. The Hall–Kier alpha value is -1.23. The molecular formula is C18H29NO3. The van der Waals surface area contributed by atoms with Crippen LogP contribution in [0.2, 0.25) is 0 Å². The highest BCUT2D eigenvalue weighted by Gasteiger charge is 2.28. The van der Waals surface area contributed by atoms with Crippen molar-refractivity contribution in [3.63, 3.8) is 0 Å². The van der Waals surface area contributed by atoms with Crippen LogP contribution in [-0.4, -0.2) is 28.1 Å². The van der Waals surface area contributed by atoms with Crippen LogP contribution in [-0.2, 0) is 0 Å². The Bertz CT molecular complexity index is 467. The summed E-state index contributed by atoms with van der Waals surface area (Å²) in [5.41, 5.74) is 5.77. The first-order valence-corrected chi connectivity index (χ1v) is 8.19. The average Bonchev–Trinajstić information content (AvgIpc) is 2.48. The summed E-state index contributed by atoms with van der Waals surface area (Å²) in [5.74, 6) is -0.0776. The summed E-state index contributed by atoms with van der Waals surface area (Å²) >= 11 is 0. The molecule has 4 heteroatoms. The van der Waals surface area contributed by atoms with E-state index in [0.29, 0.717) is 36.9 Å². The van der Waals surface area contributed by atoms with E-state index in [0.717, 1.165) is 12.8 Å². The van der Waals surface area contributed by atoms with Crippen molar-refractivity contribution in [1.82, 2.24) is 0 Å². The fraction of sp³-hybridized carbons (Fsp3) is 0.611. The van der Waals surface area contributed by atoms with E-state index >= 15 is 0 Å². The third-order valence-electron chi connectivity index (χ3n) is 3.95. The van der Waals surface area contributed by atoms with Crippen LogP contribution in [0, 0.1) is 0 Å². The van der Waals surface area contributed by atoms with Gasteiger partial charge >= 0.3 is 0 Å². The number of carbonyl (C=O) groups excluding carboxylic acids is 1. The lowest BCUT2D eigenvalue weighted by atomic mass is 9.85. The summed E-state index contributed by atoms with van der Waals surface area (Å²) in [6.45, 7) is 4.41. The number of Topliss-reactive ketones (excluding diaryl/α,β-unsaturated/α-hetero) is 1. The fourth-order valence-corrected chi connectivity index (χ4v) is 2.88. The van der Waals surface area contributed by atoms with Gasteiger partial charge in [0.1, 0.15) is 0 Å². The minimum absolute atomic E-state index is 0.0776. The number of aliphatic hydroxyl groups is 2. The Morgan fingerprint density at radius 1 is 1.27 bits per heavy atom. The Kier molecular flexibility index (Phi) is 7.73. The first kappa shape index (κ1) is 18.8. The first-order valence-electron chi connectivity index (χ1n) is 8.19. The Morgan fingerprint density at radius 2 is 1.91 bits per heavy atom. The van der Waals surface area contributed by atoms with Crippen molar-refractivity contribution in [2.24, 2.45) is 5.73 Å². The van der Waals surface area contributed by atoms with E-state index in [1.807, 2.05) is 13.8 Å². The number of benzene rings is 1. The van der Waals surface area contributed by atoms with E-state index in [2.05, 4.69) is 0 Å². The molecule has 1 rings (SSSR count). The van der Waals surface area contributed by atoms with Crippen LogP contribution in [0.25, 0.3) is 0 Å². The summed E-state index contributed by atoms with van der Waals surface area (Å²) in [6, 6.07) is 7.00. The van der Waals surface area contributed by atoms with Gasteiger partial charge in [-0.05, 0) is 37.4 Å². The van der Waals surface area contributed by atoms with Crippen LogP contribution >= 0.6 is 0 Å². The van der Waals surface area contributed by atoms with Gasteiger partial charge in [-0.25, -0.2) is 0 Å². The van der Waals surface area contributed by atoms with Crippen molar-refractivity contribution in [2.75, 3.05) is 6.54 Å². The zero-order valence-corrected chi connectivity index (χ0v) is 13.7. The largest absolute Gasteiger partial charge is 0.389 e. The monoisotopic (exact) mass is 307 g/mol. The molecule has 4 N–H and O–H groups in total. The van der Waals surface area contributed by atoms with E-state index in [1.165, 1.54) is 0 Å². The van der Waals surface area contributed by atoms with Gasteiger partial charge in [0.25, 0.3) is 0 Å². The number of carbonyl (C=O) groups is 1. The highest BCUT2D eigenvalue weighted by molar-refractivity contribution is 5.96. The van der Waals surface area contributed by atoms with Crippen LogP contribution in [0.4, 0.5) is 0 Å². The van der Waals surface area contributed by atoms with Gasteiger partial charge in [0, 0.05) is 12.0 Å². The fourth-order valence-electron chi connectivity index (χ4n) is 2.88. The first-order chi connectivity index (χ1) is 10.5. The predicted molar refractivity (Wildman–Crippen MR) is 88.8 cm³/mol. The SMILES string of the molecule is CCCC(O)(CCC)CC(=O)c1cccc([C@H](O)CCN)c1. The van der Waals surface area contributed by atoms with E-state index in [1.54, 1.807) is 24.3 Å². The van der Waals surface area contributed by atoms with Gasteiger partial charge in [-0.15, -0.1) is 0 Å². The molecule has 1 atom stereocenters. The standard InChI is InChI=1S/C18H29NO3/c1-3-9-18(22,10-4-2)13-17(21)15-7-5-6-14(12-15)16(20)8-11-19/h5-7,12,16,20,22H,3-4,8-11,13,19H2,1-2H3/t16-/m1/s1. The second-order valence-corrected chi connectivity index (χ2v) is 6.04. The minimum atomic E-state index is -0.924. The maximum absolute atomic E-state index is 12.5. The molecule has 0 saturated carbocycles. The predicted octanol–water partition coefficient (Wildman–Crippen LogP) is 2.97. The summed E-state index contributed by atoms with van der Waals surface area (Å²) in [5, 5.41) is 20.6. The lowest BCUT2D eigenvalue weighted by molar-refractivity contribution is 0.0152. The van der Waals surface area contributed by atoms with Gasteiger partial charge in [0.15, 0.2) is 5.78 Å². The average molecular weight is 307 g/mol. The molecule has 1 aromatic rings. The minimum Gasteiger partial charge on any atom is -0.389 e. The molecule has 0 aliphatic heterocycles.